The smallest absolute Gasteiger partial charge is 0.252 e. The highest BCUT2D eigenvalue weighted by atomic mass is 32.2. The molecule has 1 saturated heterocycles. The minimum absolute atomic E-state index is 0.134. The topological polar surface area (TPSA) is 95.3 Å². The van der Waals surface area contributed by atoms with Gasteiger partial charge in [-0.05, 0) is 30.2 Å². The number of thioether (sulfide) groups is 1. The fourth-order valence-corrected chi connectivity index (χ4v) is 4.02. The van der Waals surface area contributed by atoms with Crippen molar-refractivity contribution in [1.29, 1.82) is 5.26 Å². The molecule has 0 aliphatic carbocycles. The summed E-state index contributed by atoms with van der Waals surface area (Å²) in [6.45, 7) is 0.459. The molecule has 27 heavy (non-hydrogen) atoms. The first kappa shape index (κ1) is 19.1. The van der Waals surface area contributed by atoms with Crippen molar-refractivity contribution in [1.82, 2.24) is 15.2 Å². The van der Waals surface area contributed by atoms with E-state index in [0.717, 1.165) is 22.9 Å². The first-order valence-electron chi connectivity index (χ1n) is 8.55. The standard InChI is InChI=1S/C19H20N4O3S/c1-26-7-5-13-2-3-17-16(8-13)15(4-6-21-17)19(25)22-10-18(24)23-12-27-11-14(23)9-20/h2-4,6,8,14H,5,7,10-12H2,1H3,(H,22,25)/t14-/m1/s1. The van der Waals surface area contributed by atoms with Crippen LogP contribution in [0.4, 0.5) is 0 Å². The summed E-state index contributed by atoms with van der Waals surface area (Å²) in [6.07, 6.45) is 2.32. The summed E-state index contributed by atoms with van der Waals surface area (Å²) in [7, 11) is 1.65. The maximum Gasteiger partial charge on any atom is 0.252 e. The van der Waals surface area contributed by atoms with Crippen molar-refractivity contribution >= 4 is 34.5 Å². The van der Waals surface area contributed by atoms with Crippen LogP contribution in [0.3, 0.4) is 0 Å². The van der Waals surface area contributed by atoms with Crippen LogP contribution in [-0.2, 0) is 16.0 Å². The third-order valence-corrected chi connectivity index (χ3v) is 5.41. The van der Waals surface area contributed by atoms with Crippen molar-refractivity contribution in [2.24, 2.45) is 0 Å². The van der Waals surface area contributed by atoms with Crippen LogP contribution in [0.15, 0.2) is 30.5 Å². The molecule has 2 aromatic rings. The molecule has 3 rings (SSSR count). The SMILES string of the molecule is COCCc1ccc2nccc(C(=O)NCC(=O)N3CSC[C@H]3C#N)c2c1. The predicted molar refractivity (Wildman–Crippen MR) is 103 cm³/mol. The summed E-state index contributed by atoms with van der Waals surface area (Å²) in [4.78, 5) is 30.8. The van der Waals surface area contributed by atoms with Gasteiger partial charge in [0.2, 0.25) is 5.91 Å². The molecule has 0 radical (unpaired) electrons. The molecular formula is C19H20N4O3S. The van der Waals surface area contributed by atoms with Gasteiger partial charge in [-0.25, -0.2) is 0 Å². The average molecular weight is 384 g/mol. The van der Waals surface area contributed by atoms with Crippen molar-refractivity contribution in [3.05, 3.63) is 41.6 Å². The Balaban J connectivity index is 1.73. The minimum Gasteiger partial charge on any atom is -0.384 e. The Labute approximate surface area is 161 Å². The van der Waals surface area contributed by atoms with Gasteiger partial charge in [0.25, 0.3) is 5.91 Å². The number of benzene rings is 1. The molecule has 140 valence electrons. The molecule has 2 amide bonds. The van der Waals surface area contributed by atoms with Crippen LogP contribution in [0, 0.1) is 11.3 Å². The van der Waals surface area contributed by atoms with E-state index in [4.69, 9.17) is 10.00 Å². The summed E-state index contributed by atoms with van der Waals surface area (Å²) < 4.78 is 5.11. The second-order valence-corrected chi connectivity index (χ2v) is 7.14. The lowest BCUT2D eigenvalue weighted by molar-refractivity contribution is -0.129. The van der Waals surface area contributed by atoms with Gasteiger partial charge in [0.05, 0.1) is 36.2 Å². The number of fused-ring (bicyclic) bond motifs is 1. The van der Waals surface area contributed by atoms with Crippen LogP contribution in [0.2, 0.25) is 0 Å². The van der Waals surface area contributed by atoms with Crippen LogP contribution < -0.4 is 5.32 Å². The van der Waals surface area contributed by atoms with E-state index in [9.17, 15) is 9.59 Å². The van der Waals surface area contributed by atoms with Gasteiger partial charge in [-0.2, -0.15) is 5.26 Å². The summed E-state index contributed by atoms with van der Waals surface area (Å²) in [5, 5.41) is 12.5. The fraction of sp³-hybridized carbons (Fsp3) is 0.368. The first-order chi connectivity index (χ1) is 13.1. The maximum absolute atomic E-state index is 12.6. The third-order valence-electron chi connectivity index (χ3n) is 4.40. The summed E-state index contributed by atoms with van der Waals surface area (Å²) in [5.41, 5.74) is 2.24. The third kappa shape index (κ3) is 4.38. The van der Waals surface area contributed by atoms with Crippen molar-refractivity contribution in [3.63, 3.8) is 0 Å². The zero-order valence-electron chi connectivity index (χ0n) is 15.0. The van der Waals surface area contributed by atoms with E-state index in [0.29, 0.717) is 23.8 Å². The molecule has 0 saturated carbocycles. The second kappa shape index (κ2) is 8.84. The number of nitriles is 1. The van der Waals surface area contributed by atoms with Crippen molar-refractivity contribution in [3.8, 4) is 6.07 Å². The van der Waals surface area contributed by atoms with E-state index in [2.05, 4.69) is 16.4 Å². The van der Waals surface area contributed by atoms with Gasteiger partial charge >= 0.3 is 0 Å². The molecule has 1 atom stereocenters. The fourth-order valence-electron chi connectivity index (χ4n) is 2.91. The molecule has 1 N–H and O–H groups in total. The number of rotatable bonds is 6. The average Bonchev–Trinajstić information content (AvgIpc) is 3.18. The Morgan fingerprint density at radius 2 is 2.30 bits per heavy atom. The highest BCUT2D eigenvalue weighted by Gasteiger charge is 2.29. The molecule has 1 aliphatic heterocycles. The molecular weight excluding hydrogens is 364 g/mol. The van der Waals surface area contributed by atoms with E-state index in [1.807, 2.05) is 18.2 Å². The monoisotopic (exact) mass is 384 g/mol. The zero-order chi connectivity index (χ0) is 19.2. The van der Waals surface area contributed by atoms with Gasteiger partial charge in [0, 0.05) is 24.4 Å². The number of aromatic nitrogens is 1. The molecule has 1 aromatic heterocycles. The number of carbonyl (C=O) groups excluding carboxylic acids is 2. The number of hydrogen-bond donors (Lipinski definition) is 1. The van der Waals surface area contributed by atoms with Crippen LogP contribution in [-0.4, -0.2) is 59.6 Å². The van der Waals surface area contributed by atoms with Gasteiger partial charge in [0.15, 0.2) is 0 Å². The molecule has 1 aromatic carbocycles. The van der Waals surface area contributed by atoms with Gasteiger partial charge in [-0.1, -0.05) is 6.07 Å². The summed E-state index contributed by atoms with van der Waals surface area (Å²) in [6, 6.07) is 9.11. The van der Waals surface area contributed by atoms with Gasteiger partial charge in [0.1, 0.15) is 6.04 Å². The quantitative estimate of drug-likeness (QED) is 0.812. The van der Waals surface area contributed by atoms with E-state index < -0.39 is 6.04 Å². The van der Waals surface area contributed by atoms with Crippen LogP contribution in [0.25, 0.3) is 10.9 Å². The normalized spacial score (nSPS) is 16.3. The number of methoxy groups -OCH3 is 1. The first-order valence-corrected chi connectivity index (χ1v) is 9.71. The van der Waals surface area contributed by atoms with Gasteiger partial charge in [-0.3, -0.25) is 14.6 Å². The lowest BCUT2D eigenvalue weighted by Crippen LogP contribution is -2.42. The van der Waals surface area contributed by atoms with Crippen molar-refractivity contribution in [2.45, 2.75) is 12.5 Å². The number of nitrogens with zero attached hydrogens (tertiary/aromatic N) is 3. The second-order valence-electron chi connectivity index (χ2n) is 6.14. The Morgan fingerprint density at radius 1 is 1.44 bits per heavy atom. The molecule has 7 nitrogen and oxygen atoms in total. The van der Waals surface area contributed by atoms with Crippen LogP contribution in [0.5, 0.6) is 0 Å². The molecule has 8 heteroatoms. The molecule has 2 heterocycles. The van der Waals surface area contributed by atoms with Crippen molar-refractivity contribution in [2.75, 3.05) is 31.9 Å². The minimum atomic E-state index is -0.426. The predicted octanol–water partition coefficient (Wildman–Crippen LogP) is 1.58. The molecule has 1 fully saturated rings. The number of nitrogens with one attached hydrogen (secondary N) is 1. The summed E-state index contributed by atoms with van der Waals surface area (Å²) in [5.74, 6) is 0.502. The number of carbonyl (C=O) groups is 2. The highest BCUT2D eigenvalue weighted by Crippen LogP contribution is 2.21. The molecule has 1 aliphatic rings. The van der Waals surface area contributed by atoms with Crippen LogP contribution >= 0.6 is 11.8 Å². The molecule has 0 unspecified atom stereocenters. The Kier molecular flexibility index (Phi) is 6.27. The molecule has 0 bridgehead atoms. The lowest BCUT2D eigenvalue weighted by Gasteiger charge is -2.18. The van der Waals surface area contributed by atoms with Crippen LogP contribution in [0.1, 0.15) is 15.9 Å². The van der Waals surface area contributed by atoms with Gasteiger partial charge < -0.3 is 15.0 Å². The Hall–Kier alpha value is -2.63. The molecule has 0 spiro atoms. The van der Waals surface area contributed by atoms with E-state index in [-0.39, 0.29) is 18.4 Å². The van der Waals surface area contributed by atoms with E-state index in [1.54, 1.807) is 19.4 Å². The van der Waals surface area contributed by atoms with Gasteiger partial charge in [-0.15, -0.1) is 11.8 Å². The van der Waals surface area contributed by atoms with E-state index >= 15 is 0 Å². The largest absolute Gasteiger partial charge is 0.384 e. The number of amides is 2. The Bertz CT molecular complexity index is 896. The maximum atomic E-state index is 12.6. The lowest BCUT2D eigenvalue weighted by atomic mass is 10.0. The Morgan fingerprint density at radius 3 is 3.07 bits per heavy atom. The van der Waals surface area contributed by atoms with E-state index in [1.165, 1.54) is 16.7 Å². The summed E-state index contributed by atoms with van der Waals surface area (Å²) >= 11 is 1.54. The number of ether oxygens (including phenoxy) is 1. The zero-order valence-corrected chi connectivity index (χ0v) is 15.8. The highest BCUT2D eigenvalue weighted by molar-refractivity contribution is 7.99. The number of hydrogen-bond acceptors (Lipinski definition) is 6. The van der Waals surface area contributed by atoms with Crippen molar-refractivity contribution < 1.29 is 14.3 Å². The number of pyridine rings is 1.